The molecule has 0 saturated carbocycles. The van der Waals surface area contributed by atoms with Crippen molar-refractivity contribution in [2.45, 2.75) is 46.3 Å². The first kappa shape index (κ1) is 23.6. The Labute approximate surface area is 195 Å². The van der Waals surface area contributed by atoms with Crippen LogP contribution in [0.5, 0.6) is 5.75 Å². The highest BCUT2D eigenvalue weighted by Crippen LogP contribution is 2.42. The van der Waals surface area contributed by atoms with E-state index in [9.17, 15) is 18.0 Å². The highest BCUT2D eigenvalue weighted by Gasteiger charge is 2.33. The van der Waals surface area contributed by atoms with Crippen LogP contribution in [-0.2, 0) is 11.3 Å². The van der Waals surface area contributed by atoms with Crippen LogP contribution in [0.15, 0.2) is 53.2 Å². The van der Waals surface area contributed by atoms with Gasteiger partial charge in [0.05, 0.1) is 6.20 Å². The molecule has 8 heteroatoms. The molecule has 34 heavy (non-hydrogen) atoms. The molecule has 0 bridgehead atoms. The number of halogens is 3. The van der Waals surface area contributed by atoms with Gasteiger partial charge in [-0.05, 0) is 36.2 Å². The standard InChI is InChI=1S/C24H19F3N2O3.C2H6/c1-13-2-3-14(18(25)8-13)11-29-12-15(9-21(29)30)16-4-5-19(32-24(26)27)23-22(16)17-6-7-28-10-20(17)31-23;1-2/h2-8,10,15,24H,9,11-12H2,1H3;1-2H3. The van der Waals surface area contributed by atoms with Gasteiger partial charge in [-0.3, -0.25) is 9.78 Å². The second kappa shape index (κ2) is 9.75. The van der Waals surface area contributed by atoms with E-state index < -0.39 is 6.61 Å². The van der Waals surface area contributed by atoms with E-state index in [0.717, 1.165) is 11.1 Å². The number of amides is 1. The lowest BCUT2D eigenvalue weighted by atomic mass is 9.93. The number of furan rings is 1. The Morgan fingerprint density at radius 3 is 2.74 bits per heavy atom. The number of benzene rings is 2. The number of alkyl halides is 2. The first-order valence-corrected chi connectivity index (χ1v) is 11.2. The lowest BCUT2D eigenvalue weighted by Crippen LogP contribution is -2.25. The summed E-state index contributed by atoms with van der Waals surface area (Å²) in [5, 5.41) is 1.34. The van der Waals surface area contributed by atoms with Crippen molar-refractivity contribution in [3.63, 3.8) is 0 Å². The third-order valence-corrected chi connectivity index (χ3v) is 5.86. The number of nitrogens with zero attached hydrogens (tertiary/aromatic N) is 2. The summed E-state index contributed by atoms with van der Waals surface area (Å²) >= 11 is 0. The number of carbonyl (C=O) groups is 1. The minimum atomic E-state index is -3.00. The quantitative estimate of drug-likeness (QED) is 0.331. The number of rotatable bonds is 5. The Balaban J connectivity index is 0.00000133. The summed E-state index contributed by atoms with van der Waals surface area (Å²) in [4.78, 5) is 18.4. The molecular weight excluding hydrogens is 445 g/mol. The maximum atomic E-state index is 14.3. The third kappa shape index (κ3) is 4.44. The lowest BCUT2D eigenvalue weighted by molar-refractivity contribution is -0.128. The lowest BCUT2D eigenvalue weighted by Gasteiger charge is -2.18. The van der Waals surface area contributed by atoms with Crippen molar-refractivity contribution in [2.24, 2.45) is 0 Å². The Morgan fingerprint density at radius 2 is 2.00 bits per heavy atom. The zero-order valence-electron chi connectivity index (χ0n) is 19.1. The summed E-state index contributed by atoms with van der Waals surface area (Å²) in [6.45, 7) is 3.37. The number of hydrogen-bond acceptors (Lipinski definition) is 4. The van der Waals surface area contributed by atoms with Crippen LogP contribution in [-0.4, -0.2) is 28.9 Å². The zero-order valence-corrected chi connectivity index (χ0v) is 19.1. The van der Waals surface area contributed by atoms with E-state index >= 15 is 0 Å². The van der Waals surface area contributed by atoms with Crippen LogP contribution in [0.3, 0.4) is 0 Å². The molecule has 1 saturated heterocycles. The molecular formula is C26H25F3N2O3. The van der Waals surface area contributed by atoms with Crippen LogP contribution in [0.1, 0.15) is 42.9 Å². The second-order valence-electron chi connectivity index (χ2n) is 7.98. The second-order valence-corrected chi connectivity index (χ2v) is 7.98. The van der Waals surface area contributed by atoms with Gasteiger partial charge in [0, 0.05) is 48.0 Å². The van der Waals surface area contributed by atoms with E-state index in [0.29, 0.717) is 28.5 Å². The Bertz CT molecular complexity index is 1340. The van der Waals surface area contributed by atoms with E-state index in [4.69, 9.17) is 4.42 Å². The van der Waals surface area contributed by atoms with E-state index in [2.05, 4.69) is 9.72 Å². The van der Waals surface area contributed by atoms with Crippen LogP contribution in [0, 0.1) is 12.7 Å². The fourth-order valence-corrected chi connectivity index (χ4v) is 4.38. The molecule has 0 N–H and O–H groups in total. The van der Waals surface area contributed by atoms with Crippen molar-refractivity contribution in [3.05, 3.63) is 71.3 Å². The van der Waals surface area contributed by atoms with E-state index in [1.54, 1.807) is 36.2 Å². The minimum Gasteiger partial charge on any atom is -0.451 e. The predicted octanol–water partition coefficient (Wildman–Crippen LogP) is 6.57. The topological polar surface area (TPSA) is 55.6 Å². The molecule has 1 amide bonds. The number of pyridine rings is 1. The molecule has 5 rings (SSSR count). The van der Waals surface area contributed by atoms with Crippen LogP contribution < -0.4 is 4.74 Å². The Hall–Kier alpha value is -3.55. The van der Waals surface area contributed by atoms with Crippen LogP contribution in [0.2, 0.25) is 0 Å². The van der Waals surface area contributed by atoms with Crippen LogP contribution in [0.4, 0.5) is 13.2 Å². The smallest absolute Gasteiger partial charge is 0.387 e. The number of hydrogen-bond donors (Lipinski definition) is 0. The minimum absolute atomic E-state index is 0.0714. The van der Waals surface area contributed by atoms with Crippen LogP contribution >= 0.6 is 0 Å². The maximum absolute atomic E-state index is 14.3. The molecule has 0 aliphatic carbocycles. The number of fused-ring (bicyclic) bond motifs is 3. The molecule has 1 fully saturated rings. The highest BCUT2D eigenvalue weighted by atomic mass is 19.3. The summed E-state index contributed by atoms with van der Waals surface area (Å²) in [5.74, 6) is -0.707. The van der Waals surface area contributed by atoms with Gasteiger partial charge in [-0.1, -0.05) is 32.0 Å². The van der Waals surface area contributed by atoms with Crippen molar-refractivity contribution >= 4 is 27.8 Å². The molecule has 1 aliphatic rings. The van der Waals surface area contributed by atoms with Gasteiger partial charge < -0.3 is 14.1 Å². The van der Waals surface area contributed by atoms with Gasteiger partial charge in [-0.25, -0.2) is 4.39 Å². The molecule has 1 atom stereocenters. The number of aromatic nitrogens is 1. The fraction of sp³-hybridized carbons (Fsp3) is 0.308. The zero-order chi connectivity index (χ0) is 24.4. The van der Waals surface area contributed by atoms with Gasteiger partial charge in [0.2, 0.25) is 5.91 Å². The number of likely N-dealkylation sites (tertiary alicyclic amines) is 1. The molecule has 3 heterocycles. The Morgan fingerprint density at radius 1 is 1.21 bits per heavy atom. The summed E-state index contributed by atoms with van der Waals surface area (Å²) in [6.07, 6.45) is 3.33. The van der Waals surface area contributed by atoms with Crippen molar-refractivity contribution in [2.75, 3.05) is 6.54 Å². The van der Waals surface area contributed by atoms with E-state index in [-0.39, 0.29) is 41.9 Å². The molecule has 178 valence electrons. The van der Waals surface area contributed by atoms with Gasteiger partial charge in [0.25, 0.3) is 0 Å². The average Bonchev–Trinajstić information content (AvgIpc) is 3.38. The summed E-state index contributed by atoms with van der Waals surface area (Å²) in [5.41, 5.74) is 2.70. The maximum Gasteiger partial charge on any atom is 0.387 e. The van der Waals surface area contributed by atoms with Gasteiger partial charge in [-0.2, -0.15) is 8.78 Å². The molecule has 2 aromatic carbocycles. The largest absolute Gasteiger partial charge is 0.451 e. The van der Waals surface area contributed by atoms with Crippen LogP contribution in [0.25, 0.3) is 21.9 Å². The monoisotopic (exact) mass is 470 g/mol. The average molecular weight is 470 g/mol. The summed E-state index contributed by atoms with van der Waals surface area (Å²) < 4.78 is 50.6. The predicted molar refractivity (Wildman–Crippen MR) is 123 cm³/mol. The molecule has 2 aromatic heterocycles. The molecule has 0 radical (unpaired) electrons. The first-order chi connectivity index (χ1) is 16.4. The number of carbonyl (C=O) groups excluding carboxylic acids is 1. The van der Waals surface area contributed by atoms with E-state index in [1.807, 2.05) is 19.9 Å². The highest BCUT2D eigenvalue weighted by molar-refractivity contribution is 6.08. The Kier molecular flexibility index (Phi) is 6.77. The van der Waals surface area contributed by atoms with Gasteiger partial charge in [-0.15, -0.1) is 0 Å². The summed E-state index contributed by atoms with van der Waals surface area (Å²) in [6, 6.07) is 9.83. The fourth-order valence-electron chi connectivity index (χ4n) is 4.38. The van der Waals surface area contributed by atoms with Crippen molar-refractivity contribution in [1.82, 2.24) is 9.88 Å². The number of ether oxygens (including phenoxy) is 1. The molecule has 4 aromatic rings. The first-order valence-electron chi connectivity index (χ1n) is 11.2. The SMILES string of the molecule is CC.Cc1ccc(CN2CC(c3ccc(OC(F)F)c4oc5cnccc5c34)CC2=O)c(F)c1. The van der Waals surface area contributed by atoms with Crippen molar-refractivity contribution < 1.29 is 27.1 Å². The normalized spacial score (nSPS) is 15.8. The molecule has 5 nitrogen and oxygen atoms in total. The third-order valence-electron chi connectivity index (χ3n) is 5.86. The van der Waals surface area contributed by atoms with Gasteiger partial charge in [0.15, 0.2) is 16.9 Å². The van der Waals surface area contributed by atoms with Crippen molar-refractivity contribution in [1.29, 1.82) is 0 Å². The van der Waals surface area contributed by atoms with Gasteiger partial charge >= 0.3 is 6.61 Å². The number of aryl methyl sites for hydroxylation is 1. The molecule has 1 unspecified atom stereocenters. The molecule has 1 aliphatic heterocycles. The van der Waals surface area contributed by atoms with Crippen molar-refractivity contribution in [3.8, 4) is 5.75 Å². The van der Waals surface area contributed by atoms with Gasteiger partial charge in [0.1, 0.15) is 5.82 Å². The molecule has 0 spiro atoms. The van der Waals surface area contributed by atoms with E-state index in [1.165, 1.54) is 18.3 Å². The summed E-state index contributed by atoms with van der Waals surface area (Å²) in [7, 11) is 0.